The Morgan fingerprint density at radius 2 is 1.75 bits per heavy atom. The third kappa shape index (κ3) is 3.84. The number of anilines is 2. The average molecular weight is 490 g/mol. The number of alkyl halides is 3. The molecule has 0 aliphatic rings. The van der Waals surface area contributed by atoms with Gasteiger partial charge in [-0.2, -0.15) is 33.7 Å². The van der Waals surface area contributed by atoms with Crippen LogP contribution in [0.25, 0.3) is 22.3 Å². The highest BCUT2D eigenvalue weighted by Crippen LogP contribution is 2.36. The van der Waals surface area contributed by atoms with Gasteiger partial charge in [0.05, 0.1) is 47.9 Å². The number of fused-ring (bicyclic) bond motifs is 1. The fraction of sp³-hybridized carbons (Fsp3) is 0.0455. The second-order valence-corrected chi connectivity index (χ2v) is 7.37. The van der Waals surface area contributed by atoms with Gasteiger partial charge in [-0.15, -0.1) is 4.80 Å². The molecular formula is C22H13F3N10O. The minimum absolute atomic E-state index is 0.00400. The van der Waals surface area contributed by atoms with Crippen molar-refractivity contribution < 1.29 is 18.0 Å². The molecule has 0 saturated heterocycles. The standard InChI is InChI=1S/C22H13F3N10O/c23-22(24,25)18-16(10-32-34(18)17-11-28-19(27)15-4-2-1-3-14(15)17)21(36)33-13-7-12(8-26)20(29-9-13)35-30-5-6-31-35/h1-7,9-11H,(H2,27,28)(H,33,36). The Bertz CT molecular complexity index is 1650. The molecule has 11 nitrogen and oxygen atoms in total. The third-order valence-corrected chi connectivity index (χ3v) is 5.17. The maximum absolute atomic E-state index is 14.2. The zero-order valence-electron chi connectivity index (χ0n) is 18.0. The number of pyridine rings is 2. The van der Waals surface area contributed by atoms with Gasteiger partial charge in [0.2, 0.25) is 0 Å². The number of carbonyl (C=O) groups is 1. The minimum Gasteiger partial charge on any atom is -0.383 e. The molecule has 0 radical (unpaired) electrons. The smallest absolute Gasteiger partial charge is 0.383 e. The Kier molecular flexibility index (Phi) is 5.29. The quantitative estimate of drug-likeness (QED) is 0.390. The highest BCUT2D eigenvalue weighted by atomic mass is 19.4. The number of nitrogens with zero attached hydrogens (tertiary/aromatic N) is 8. The molecule has 4 aromatic heterocycles. The summed E-state index contributed by atoms with van der Waals surface area (Å²) in [6, 6.07) is 9.65. The fourth-order valence-electron chi connectivity index (χ4n) is 3.63. The summed E-state index contributed by atoms with van der Waals surface area (Å²) in [7, 11) is 0. The van der Waals surface area contributed by atoms with Crippen LogP contribution >= 0.6 is 0 Å². The van der Waals surface area contributed by atoms with E-state index in [0.717, 1.165) is 17.2 Å². The molecule has 0 saturated carbocycles. The molecule has 36 heavy (non-hydrogen) atoms. The molecule has 0 atom stereocenters. The molecule has 1 amide bonds. The van der Waals surface area contributed by atoms with E-state index in [1.165, 1.54) is 24.7 Å². The number of hydrogen-bond acceptors (Lipinski definition) is 8. The zero-order chi connectivity index (χ0) is 25.4. The lowest BCUT2D eigenvalue weighted by Crippen LogP contribution is -2.21. The Morgan fingerprint density at radius 3 is 2.44 bits per heavy atom. The normalized spacial score (nSPS) is 11.4. The van der Waals surface area contributed by atoms with Gasteiger partial charge in [-0.1, -0.05) is 24.3 Å². The monoisotopic (exact) mass is 490 g/mol. The van der Waals surface area contributed by atoms with Crippen molar-refractivity contribution in [2.24, 2.45) is 0 Å². The van der Waals surface area contributed by atoms with Gasteiger partial charge in [-0.05, 0) is 6.07 Å². The molecule has 0 aliphatic carbocycles. The van der Waals surface area contributed by atoms with Crippen molar-refractivity contribution >= 4 is 28.2 Å². The first kappa shape index (κ1) is 22.5. The van der Waals surface area contributed by atoms with Crippen LogP contribution in [0.1, 0.15) is 21.6 Å². The lowest BCUT2D eigenvalue weighted by Gasteiger charge is -2.15. The molecule has 0 bridgehead atoms. The second kappa shape index (κ2) is 8.47. The SMILES string of the molecule is N#Cc1cc(NC(=O)c2cnn(-c3cnc(N)c4ccccc34)c2C(F)(F)F)cnc1-n1nccn1. The van der Waals surface area contributed by atoms with E-state index < -0.39 is 23.3 Å². The van der Waals surface area contributed by atoms with Crippen molar-refractivity contribution in [3.05, 3.63) is 78.1 Å². The van der Waals surface area contributed by atoms with Crippen molar-refractivity contribution in [1.82, 2.24) is 34.7 Å². The number of benzene rings is 1. The van der Waals surface area contributed by atoms with Crippen LogP contribution in [0, 0.1) is 11.3 Å². The number of halogens is 3. The minimum atomic E-state index is -4.95. The van der Waals surface area contributed by atoms with Gasteiger partial charge in [-0.25, -0.2) is 14.6 Å². The van der Waals surface area contributed by atoms with Crippen LogP contribution in [0.4, 0.5) is 24.7 Å². The molecule has 5 rings (SSSR count). The number of aromatic nitrogens is 7. The van der Waals surface area contributed by atoms with Crippen LogP contribution in [0.5, 0.6) is 0 Å². The van der Waals surface area contributed by atoms with E-state index in [2.05, 4.69) is 30.6 Å². The summed E-state index contributed by atoms with van der Waals surface area (Å²) in [6.45, 7) is 0. The summed E-state index contributed by atoms with van der Waals surface area (Å²) in [5, 5.41) is 24.2. The summed E-state index contributed by atoms with van der Waals surface area (Å²) in [5.74, 6) is -0.869. The van der Waals surface area contributed by atoms with E-state index in [9.17, 15) is 23.2 Å². The lowest BCUT2D eigenvalue weighted by atomic mass is 10.1. The van der Waals surface area contributed by atoms with Crippen LogP contribution in [0.15, 0.2) is 61.3 Å². The maximum atomic E-state index is 14.2. The van der Waals surface area contributed by atoms with Crippen molar-refractivity contribution in [3.8, 4) is 17.6 Å². The molecule has 0 fully saturated rings. The lowest BCUT2D eigenvalue weighted by molar-refractivity contribution is -0.143. The summed E-state index contributed by atoms with van der Waals surface area (Å²) < 4.78 is 43.1. The Balaban J connectivity index is 1.55. The Morgan fingerprint density at radius 1 is 1.03 bits per heavy atom. The van der Waals surface area contributed by atoms with Crippen molar-refractivity contribution in [2.75, 3.05) is 11.1 Å². The number of carbonyl (C=O) groups excluding carboxylic acids is 1. The first-order valence-electron chi connectivity index (χ1n) is 10.1. The summed E-state index contributed by atoms with van der Waals surface area (Å²) in [4.78, 5) is 22.0. The molecule has 14 heteroatoms. The number of hydrogen-bond donors (Lipinski definition) is 2. The largest absolute Gasteiger partial charge is 0.434 e. The van der Waals surface area contributed by atoms with Gasteiger partial charge in [0, 0.05) is 10.8 Å². The number of amides is 1. The van der Waals surface area contributed by atoms with Crippen LogP contribution in [-0.4, -0.2) is 40.6 Å². The van der Waals surface area contributed by atoms with Gasteiger partial charge in [0.15, 0.2) is 11.5 Å². The molecule has 1 aromatic carbocycles. The predicted molar refractivity (Wildman–Crippen MR) is 120 cm³/mol. The molecular weight excluding hydrogens is 477 g/mol. The highest BCUT2D eigenvalue weighted by Gasteiger charge is 2.41. The van der Waals surface area contributed by atoms with E-state index in [-0.39, 0.29) is 28.6 Å². The van der Waals surface area contributed by atoms with Gasteiger partial charge in [-0.3, -0.25) is 4.79 Å². The Labute approximate surface area is 199 Å². The summed E-state index contributed by atoms with van der Waals surface area (Å²) in [6.07, 6.45) is 0.962. The fourth-order valence-corrected chi connectivity index (χ4v) is 3.63. The number of nitrogens with one attached hydrogen (secondary N) is 1. The predicted octanol–water partition coefficient (Wildman–Crippen LogP) is 3.12. The number of nitrogen functional groups attached to an aromatic ring is 1. The van der Waals surface area contributed by atoms with E-state index in [4.69, 9.17) is 5.73 Å². The molecule has 0 aliphatic heterocycles. The molecule has 0 unspecified atom stereocenters. The van der Waals surface area contributed by atoms with E-state index in [1.807, 2.05) is 6.07 Å². The van der Waals surface area contributed by atoms with Crippen molar-refractivity contribution in [2.45, 2.75) is 6.18 Å². The van der Waals surface area contributed by atoms with Crippen molar-refractivity contribution in [1.29, 1.82) is 5.26 Å². The van der Waals surface area contributed by atoms with Crippen molar-refractivity contribution in [3.63, 3.8) is 0 Å². The van der Waals surface area contributed by atoms with Crippen LogP contribution in [0.2, 0.25) is 0 Å². The van der Waals surface area contributed by atoms with E-state index in [0.29, 0.717) is 15.5 Å². The van der Waals surface area contributed by atoms with Gasteiger partial charge in [0.1, 0.15) is 17.5 Å². The topological polar surface area (TPSA) is 153 Å². The first-order valence-corrected chi connectivity index (χ1v) is 10.1. The van der Waals surface area contributed by atoms with Crippen LogP contribution < -0.4 is 11.1 Å². The van der Waals surface area contributed by atoms with Crippen LogP contribution in [0.3, 0.4) is 0 Å². The first-order chi connectivity index (χ1) is 17.3. The van der Waals surface area contributed by atoms with Gasteiger partial charge < -0.3 is 11.1 Å². The maximum Gasteiger partial charge on any atom is 0.434 e. The zero-order valence-corrected chi connectivity index (χ0v) is 18.0. The van der Waals surface area contributed by atoms with E-state index in [1.54, 1.807) is 24.3 Å². The molecule has 178 valence electrons. The number of rotatable bonds is 4. The van der Waals surface area contributed by atoms with Gasteiger partial charge in [0.25, 0.3) is 5.91 Å². The molecule has 5 aromatic rings. The van der Waals surface area contributed by atoms with Crippen LogP contribution in [-0.2, 0) is 6.18 Å². The highest BCUT2D eigenvalue weighted by molar-refractivity contribution is 6.05. The molecule has 3 N–H and O–H groups in total. The van der Waals surface area contributed by atoms with Gasteiger partial charge >= 0.3 is 6.18 Å². The Hall–Kier alpha value is -5.32. The average Bonchev–Trinajstić information content (AvgIpc) is 3.55. The van der Waals surface area contributed by atoms with E-state index >= 15 is 0 Å². The third-order valence-electron chi connectivity index (χ3n) is 5.17. The number of nitrogens with two attached hydrogens (primary N) is 1. The molecule has 4 heterocycles. The summed E-state index contributed by atoms with van der Waals surface area (Å²) in [5.41, 5.74) is 3.81. The molecule has 0 spiro atoms. The second-order valence-electron chi connectivity index (χ2n) is 7.37. The summed E-state index contributed by atoms with van der Waals surface area (Å²) >= 11 is 0. The number of nitriles is 1.